The minimum absolute atomic E-state index is 0.162. The van der Waals surface area contributed by atoms with Crippen molar-refractivity contribution in [3.63, 3.8) is 0 Å². The number of nitrogens with zero attached hydrogens (tertiary/aromatic N) is 4. The van der Waals surface area contributed by atoms with Crippen molar-refractivity contribution in [1.29, 1.82) is 0 Å². The van der Waals surface area contributed by atoms with Crippen LogP contribution >= 0.6 is 11.3 Å². The fourth-order valence-corrected chi connectivity index (χ4v) is 7.74. The number of hydrogen-bond donors (Lipinski definition) is 0. The van der Waals surface area contributed by atoms with Crippen LogP contribution in [0, 0.1) is 0 Å². The first-order valence-electron chi connectivity index (χ1n) is 13.7. The summed E-state index contributed by atoms with van der Waals surface area (Å²) in [6.45, 7) is 2.68. The van der Waals surface area contributed by atoms with Gasteiger partial charge in [0.1, 0.15) is 13.2 Å². The van der Waals surface area contributed by atoms with Crippen LogP contribution in [0.25, 0.3) is 10.2 Å². The maximum Gasteiger partial charge on any atom is 0.264 e. The minimum atomic E-state index is -3.77. The van der Waals surface area contributed by atoms with Gasteiger partial charge in [-0.05, 0) is 75.8 Å². The SMILES string of the molecule is CN(C)CCCN(C(=O)c1ccc(S(=O)(=O)N2CCCc3ccccc32)cc1)c1nc2cc3c(cc2s1)OCCO3. The maximum absolute atomic E-state index is 13.9. The molecule has 1 amide bonds. The Balaban J connectivity index is 1.29. The number of rotatable bonds is 8. The third-order valence-electron chi connectivity index (χ3n) is 7.26. The van der Waals surface area contributed by atoms with Crippen LogP contribution in [0.1, 0.15) is 28.8 Å². The zero-order valence-corrected chi connectivity index (χ0v) is 24.7. The predicted molar refractivity (Wildman–Crippen MR) is 161 cm³/mol. The number of amides is 1. The lowest BCUT2D eigenvalue weighted by Gasteiger charge is -2.30. The molecule has 0 saturated carbocycles. The molecule has 41 heavy (non-hydrogen) atoms. The summed E-state index contributed by atoms with van der Waals surface area (Å²) in [4.78, 5) is 22.5. The Morgan fingerprint density at radius 1 is 1.00 bits per heavy atom. The third-order valence-corrected chi connectivity index (χ3v) is 10.1. The number of anilines is 2. The molecule has 3 aromatic carbocycles. The number of sulfonamides is 1. The number of carbonyl (C=O) groups is 1. The van der Waals surface area contributed by atoms with E-state index < -0.39 is 10.0 Å². The van der Waals surface area contributed by atoms with Crippen LogP contribution in [-0.2, 0) is 16.4 Å². The topological polar surface area (TPSA) is 92.3 Å². The largest absolute Gasteiger partial charge is 0.486 e. The van der Waals surface area contributed by atoms with Gasteiger partial charge < -0.3 is 14.4 Å². The lowest BCUT2D eigenvalue weighted by atomic mass is 10.0. The van der Waals surface area contributed by atoms with Crippen LogP contribution < -0.4 is 18.7 Å². The smallest absolute Gasteiger partial charge is 0.264 e. The normalized spacial score (nSPS) is 14.8. The summed E-state index contributed by atoms with van der Waals surface area (Å²) in [5.41, 5.74) is 2.89. The molecular weight excluding hydrogens is 560 g/mol. The number of ether oxygens (including phenoxy) is 2. The Morgan fingerprint density at radius 3 is 2.49 bits per heavy atom. The number of carbonyl (C=O) groups excluding carboxylic acids is 1. The Labute approximate surface area is 244 Å². The van der Waals surface area contributed by atoms with Crippen molar-refractivity contribution >= 4 is 48.3 Å². The number of aromatic nitrogens is 1. The molecule has 214 valence electrons. The number of aryl methyl sites for hydroxylation is 1. The molecule has 0 unspecified atom stereocenters. The molecule has 2 aliphatic heterocycles. The molecule has 0 N–H and O–H groups in total. The molecule has 0 aliphatic carbocycles. The van der Waals surface area contributed by atoms with Crippen molar-refractivity contribution in [3.8, 4) is 11.5 Å². The van der Waals surface area contributed by atoms with Crippen LogP contribution in [0.4, 0.5) is 10.8 Å². The van der Waals surface area contributed by atoms with Crippen molar-refractivity contribution in [3.05, 3.63) is 71.8 Å². The fraction of sp³-hybridized carbons (Fsp3) is 0.333. The Hall–Kier alpha value is -3.67. The van der Waals surface area contributed by atoms with Gasteiger partial charge >= 0.3 is 0 Å². The first-order valence-corrected chi connectivity index (χ1v) is 15.9. The lowest BCUT2D eigenvalue weighted by Crippen LogP contribution is -2.35. The monoisotopic (exact) mass is 592 g/mol. The van der Waals surface area contributed by atoms with Gasteiger partial charge in [-0.1, -0.05) is 29.5 Å². The highest BCUT2D eigenvalue weighted by Gasteiger charge is 2.30. The molecule has 6 rings (SSSR count). The summed E-state index contributed by atoms with van der Waals surface area (Å²) in [6, 6.07) is 17.6. The van der Waals surface area contributed by atoms with Gasteiger partial charge in [0.25, 0.3) is 15.9 Å². The molecule has 11 heteroatoms. The summed E-state index contributed by atoms with van der Waals surface area (Å²) in [6.07, 6.45) is 2.37. The van der Waals surface area contributed by atoms with Gasteiger partial charge in [0.15, 0.2) is 16.6 Å². The van der Waals surface area contributed by atoms with Gasteiger partial charge in [0.2, 0.25) is 0 Å². The van der Waals surface area contributed by atoms with Gasteiger partial charge in [-0.15, -0.1) is 0 Å². The van der Waals surface area contributed by atoms with Crippen molar-refractivity contribution in [2.45, 2.75) is 24.2 Å². The molecule has 0 spiro atoms. The van der Waals surface area contributed by atoms with Crippen LogP contribution in [-0.4, -0.2) is 71.2 Å². The van der Waals surface area contributed by atoms with Crippen LogP contribution in [0.15, 0.2) is 65.6 Å². The standard InChI is InChI=1S/C30H32N4O5S2/c1-32(2)14-6-15-33(30-31-24-19-26-27(20-28(24)40-30)39-18-17-38-26)29(35)22-10-12-23(13-11-22)41(36,37)34-16-5-8-21-7-3-4-9-25(21)34/h3-4,7,9-13,19-20H,5-6,8,14-18H2,1-2H3. The molecule has 0 bridgehead atoms. The van der Waals surface area contributed by atoms with E-state index in [0.29, 0.717) is 48.5 Å². The zero-order valence-electron chi connectivity index (χ0n) is 23.1. The summed E-state index contributed by atoms with van der Waals surface area (Å²) >= 11 is 1.42. The molecule has 4 aromatic rings. The Morgan fingerprint density at radius 2 is 1.73 bits per heavy atom. The second-order valence-corrected chi connectivity index (χ2v) is 13.3. The molecule has 1 aromatic heterocycles. The average Bonchev–Trinajstić information content (AvgIpc) is 3.39. The van der Waals surface area contributed by atoms with Crippen LogP contribution in [0.5, 0.6) is 11.5 Å². The molecule has 0 fully saturated rings. The van der Waals surface area contributed by atoms with Gasteiger partial charge in [-0.3, -0.25) is 14.0 Å². The zero-order chi connectivity index (χ0) is 28.6. The second kappa shape index (κ2) is 11.3. The summed E-state index contributed by atoms with van der Waals surface area (Å²) in [5.74, 6) is 1.10. The minimum Gasteiger partial charge on any atom is -0.486 e. The number of para-hydroxylation sites is 1. The summed E-state index contributed by atoms with van der Waals surface area (Å²) < 4.78 is 41.0. The molecule has 0 atom stereocenters. The first kappa shape index (κ1) is 27.5. The van der Waals surface area contributed by atoms with E-state index in [0.717, 1.165) is 47.3 Å². The van der Waals surface area contributed by atoms with E-state index in [-0.39, 0.29) is 10.8 Å². The van der Waals surface area contributed by atoms with E-state index in [1.165, 1.54) is 27.8 Å². The third kappa shape index (κ3) is 5.49. The number of benzene rings is 3. The molecule has 0 radical (unpaired) electrons. The highest BCUT2D eigenvalue weighted by Crippen LogP contribution is 2.39. The quantitative estimate of drug-likeness (QED) is 0.290. The van der Waals surface area contributed by atoms with E-state index >= 15 is 0 Å². The van der Waals surface area contributed by atoms with Gasteiger partial charge in [0.05, 0.1) is 20.8 Å². The van der Waals surface area contributed by atoms with E-state index in [9.17, 15) is 13.2 Å². The lowest BCUT2D eigenvalue weighted by molar-refractivity contribution is 0.0986. The van der Waals surface area contributed by atoms with Gasteiger partial charge in [-0.2, -0.15) is 0 Å². The van der Waals surface area contributed by atoms with Gasteiger partial charge in [0, 0.05) is 30.8 Å². The summed E-state index contributed by atoms with van der Waals surface area (Å²) in [5, 5.41) is 0.577. The highest BCUT2D eigenvalue weighted by atomic mass is 32.2. The van der Waals surface area contributed by atoms with E-state index in [2.05, 4.69) is 4.90 Å². The molecule has 3 heterocycles. The highest BCUT2D eigenvalue weighted by molar-refractivity contribution is 7.92. The number of fused-ring (bicyclic) bond motifs is 3. The Kier molecular flexibility index (Phi) is 7.58. The fourth-order valence-electron chi connectivity index (χ4n) is 5.20. The Bertz CT molecular complexity index is 1640. The van der Waals surface area contributed by atoms with E-state index in [1.807, 2.05) is 50.5 Å². The number of hydrogen-bond acceptors (Lipinski definition) is 8. The second-order valence-electron chi connectivity index (χ2n) is 10.4. The first-order chi connectivity index (χ1) is 19.8. The molecule has 0 saturated heterocycles. The summed E-state index contributed by atoms with van der Waals surface area (Å²) in [7, 11) is 0.218. The van der Waals surface area contributed by atoms with E-state index in [4.69, 9.17) is 14.5 Å². The number of thiazole rings is 1. The van der Waals surface area contributed by atoms with Crippen molar-refractivity contribution < 1.29 is 22.7 Å². The van der Waals surface area contributed by atoms with Crippen LogP contribution in [0.2, 0.25) is 0 Å². The van der Waals surface area contributed by atoms with Crippen molar-refractivity contribution in [1.82, 2.24) is 9.88 Å². The molecule has 2 aliphatic rings. The van der Waals surface area contributed by atoms with Crippen LogP contribution in [0.3, 0.4) is 0 Å². The average molecular weight is 593 g/mol. The maximum atomic E-state index is 13.9. The predicted octanol–water partition coefficient (Wildman–Crippen LogP) is 4.81. The van der Waals surface area contributed by atoms with E-state index in [1.54, 1.807) is 17.0 Å². The van der Waals surface area contributed by atoms with Gasteiger partial charge in [-0.25, -0.2) is 13.4 Å². The molecule has 9 nitrogen and oxygen atoms in total. The van der Waals surface area contributed by atoms with Crippen molar-refractivity contribution in [2.24, 2.45) is 0 Å². The van der Waals surface area contributed by atoms with Crippen molar-refractivity contribution in [2.75, 3.05) is 56.1 Å². The molecular formula is C30H32N4O5S2.